The van der Waals surface area contributed by atoms with Crippen LogP contribution in [0.2, 0.25) is 5.02 Å². The minimum Gasteiger partial charge on any atom is -0.258 e. The molecule has 0 bridgehead atoms. The number of aromatic nitrogens is 3. The molecule has 19 heavy (non-hydrogen) atoms. The van der Waals surface area contributed by atoms with Crippen LogP contribution in [0.4, 0.5) is 5.69 Å². The van der Waals surface area contributed by atoms with Gasteiger partial charge in [0.1, 0.15) is 11.4 Å². The molecule has 1 aromatic heterocycles. The average Bonchev–Trinajstić information content (AvgIpc) is 2.87. The van der Waals surface area contributed by atoms with E-state index in [4.69, 9.17) is 23.2 Å². The van der Waals surface area contributed by atoms with Gasteiger partial charge in [0.25, 0.3) is 5.69 Å². The number of halogens is 2. The van der Waals surface area contributed by atoms with Crippen LogP contribution in [0, 0.1) is 10.1 Å². The van der Waals surface area contributed by atoms with E-state index in [1.807, 2.05) is 6.92 Å². The number of hydrogen-bond donors (Lipinski definition) is 0. The fourth-order valence-corrected chi connectivity index (χ4v) is 1.85. The van der Waals surface area contributed by atoms with Gasteiger partial charge in [-0.15, -0.1) is 16.7 Å². The molecule has 0 radical (unpaired) electrons. The van der Waals surface area contributed by atoms with E-state index in [2.05, 4.69) is 10.3 Å². The van der Waals surface area contributed by atoms with Crippen LogP contribution >= 0.6 is 23.2 Å². The third kappa shape index (κ3) is 2.85. The van der Waals surface area contributed by atoms with Crippen LogP contribution in [0.25, 0.3) is 5.69 Å². The predicted octanol–water partition coefficient (Wildman–Crippen LogP) is 3.52. The molecule has 0 aliphatic heterocycles. The zero-order valence-corrected chi connectivity index (χ0v) is 11.5. The highest BCUT2D eigenvalue weighted by atomic mass is 35.5. The van der Waals surface area contributed by atoms with Gasteiger partial charge in [-0.1, -0.05) is 23.7 Å². The number of nitro benzene ring substituents is 1. The molecular formula is C11H10Cl2N4O2. The highest BCUT2D eigenvalue weighted by Gasteiger charge is 2.18. The summed E-state index contributed by atoms with van der Waals surface area (Å²) in [5, 5.41) is 18.8. The Balaban J connectivity index is 2.47. The minimum atomic E-state index is -0.513. The lowest BCUT2D eigenvalue weighted by molar-refractivity contribution is -0.384. The number of rotatable bonds is 4. The summed E-state index contributed by atoms with van der Waals surface area (Å²) in [6, 6.07) is 4.35. The van der Waals surface area contributed by atoms with Crippen LogP contribution in [0.5, 0.6) is 0 Å². The van der Waals surface area contributed by atoms with Crippen molar-refractivity contribution in [2.45, 2.75) is 18.7 Å². The summed E-state index contributed by atoms with van der Waals surface area (Å²) in [6.07, 6.45) is 2.28. The maximum absolute atomic E-state index is 11.0. The van der Waals surface area contributed by atoms with E-state index in [9.17, 15) is 10.1 Å². The molecule has 6 nitrogen and oxygen atoms in total. The molecule has 1 heterocycles. The first kappa shape index (κ1) is 13.8. The Morgan fingerprint density at radius 3 is 2.89 bits per heavy atom. The molecule has 0 aliphatic rings. The Labute approximate surface area is 119 Å². The Kier molecular flexibility index (Phi) is 4.01. The van der Waals surface area contributed by atoms with Gasteiger partial charge in [0.15, 0.2) is 0 Å². The second kappa shape index (κ2) is 5.54. The summed E-state index contributed by atoms with van der Waals surface area (Å²) in [5.41, 5.74) is 0.744. The Morgan fingerprint density at radius 2 is 2.26 bits per heavy atom. The van der Waals surface area contributed by atoms with Gasteiger partial charge in [-0.25, -0.2) is 4.68 Å². The SMILES string of the molecule is CCC(Cl)c1cn(-c2ccc(Cl)cc2[N+](=O)[O-])nn1. The summed E-state index contributed by atoms with van der Waals surface area (Å²) in [5.74, 6) is 0. The molecule has 1 atom stereocenters. The van der Waals surface area contributed by atoms with Crippen LogP contribution in [0.1, 0.15) is 24.4 Å². The van der Waals surface area contributed by atoms with E-state index in [0.717, 1.165) is 0 Å². The molecular weight excluding hydrogens is 291 g/mol. The zero-order chi connectivity index (χ0) is 14.0. The molecule has 1 aromatic carbocycles. The van der Waals surface area contributed by atoms with Crippen molar-refractivity contribution in [3.05, 3.63) is 45.2 Å². The van der Waals surface area contributed by atoms with Crippen molar-refractivity contribution < 1.29 is 4.92 Å². The second-order valence-corrected chi connectivity index (χ2v) is 4.82. The second-order valence-electron chi connectivity index (χ2n) is 3.85. The van der Waals surface area contributed by atoms with Gasteiger partial charge >= 0.3 is 0 Å². The fourth-order valence-electron chi connectivity index (χ4n) is 1.58. The third-order valence-corrected chi connectivity index (χ3v) is 3.34. The normalized spacial score (nSPS) is 12.4. The molecule has 0 aliphatic carbocycles. The number of alkyl halides is 1. The Morgan fingerprint density at radius 1 is 1.53 bits per heavy atom. The maximum Gasteiger partial charge on any atom is 0.296 e. The lowest BCUT2D eigenvalue weighted by atomic mass is 10.2. The van der Waals surface area contributed by atoms with Crippen LogP contribution in [0.15, 0.2) is 24.4 Å². The smallest absolute Gasteiger partial charge is 0.258 e. The molecule has 0 saturated carbocycles. The molecule has 0 fully saturated rings. The van der Waals surface area contributed by atoms with Crippen molar-refractivity contribution in [3.63, 3.8) is 0 Å². The van der Waals surface area contributed by atoms with Gasteiger partial charge in [-0.2, -0.15) is 0 Å². The summed E-state index contributed by atoms with van der Waals surface area (Å²) in [7, 11) is 0. The van der Waals surface area contributed by atoms with Gasteiger partial charge < -0.3 is 0 Å². The lowest BCUT2D eigenvalue weighted by Crippen LogP contribution is -2.00. The zero-order valence-electron chi connectivity index (χ0n) is 9.96. The van der Waals surface area contributed by atoms with Crippen molar-refractivity contribution in [2.24, 2.45) is 0 Å². The fraction of sp³-hybridized carbons (Fsp3) is 0.273. The molecule has 2 rings (SSSR count). The standard InChI is InChI=1S/C11H10Cl2N4O2/c1-2-8(13)9-6-16(15-14-9)10-4-3-7(12)5-11(10)17(18)19/h3-6,8H,2H2,1H3. The van der Waals surface area contributed by atoms with Crippen molar-refractivity contribution in [2.75, 3.05) is 0 Å². The van der Waals surface area contributed by atoms with Crippen LogP contribution < -0.4 is 0 Å². The largest absolute Gasteiger partial charge is 0.296 e. The van der Waals surface area contributed by atoms with E-state index in [1.54, 1.807) is 12.3 Å². The van der Waals surface area contributed by atoms with Gasteiger partial charge in [-0.05, 0) is 18.6 Å². The average molecular weight is 301 g/mol. The Hall–Kier alpha value is -1.66. The number of hydrogen-bond acceptors (Lipinski definition) is 4. The van der Waals surface area contributed by atoms with Crippen LogP contribution in [-0.2, 0) is 0 Å². The van der Waals surface area contributed by atoms with Gasteiger partial charge in [-0.3, -0.25) is 10.1 Å². The number of nitro groups is 1. The summed E-state index contributed by atoms with van der Waals surface area (Å²) in [6.45, 7) is 1.92. The van der Waals surface area contributed by atoms with E-state index in [1.165, 1.54) is 16.8 Å². The summed E-state index contributed by atoms with van der Waals surface area (Å²) >= 11 is 11.8. The highest BCUT2D eigenvalue weighted by molar-refractivity contribution is 6.30. The quantitative estimate of drug-likeness (QED) is 0.492. The summed E-state index contributed by atoms with van der Waals surface area (Å²) in [4.78, 5) is 10.5. The van der Waals surface area contributed by atoms with Gasteiger partial charge in [0, 0.05) is 11.1 Å². The summed E-state index contributed by atoms with van der Waals surface area (Å²) < 4.78 is 1.33. The predicted molar refractivity (Wildman–Crippen MR) is 71.9 cm³/mol. The molecule has 8 heteroatoms. The van der Waals surface area contributed by atoms with Crippen molar-refractivity contribution in [1.29, 1.82) is 0 Å². The lowest BCUT2D eigenvalue weighted by Gasteiger charge is -2.02. The molecule has 0 saturated heterocycles. The molecule has 0 N–H and O–H groups in total. The van der Waals surface area contributed by atoms with Gasteiger partial charge in [0.05, 0.1) is 16.5 Å². The third-order valence-electron chi connectivity index (χ3n) is 2.57. The molecule has 1 unspecified atom stereocenters. The first-order chi connectivity index (χ1) is 9.02. The topological polar surface area (TPSA) is 73.8 Å². The van der Waals surface area contributed by atoms with Gasteiger partial charge in [0.2, 0.25) is 0 Å². The number of nitrogens with zero attached hydrogens (tertiary/aromatic N) is 4. The maximum atomic E-state index is 11.0. The monoisotopic (exact) mass is 300 g/mol. The van der Waals surface area contributed by atoms with E-state index in [0.29, 0.717) is 22.8 Å². The van der Waals surface area contributed by atoms with Crippen LogP contribution in [-0.4, -0.2) is 19.9 Å². The van der Waals surface area contributed by atoms with Crippen molar-refractivity contribution >= 4 is 28.9 Å². The molecule has 0 spiro atoms. The Bertz CT molecular complexity index is 614. The first-order valence-corrected chi connectivity index (χ1v) is 6.35. The van der Waals surface area contributed by atoms with E-state index < -0.39 is 4.92 Å². The minimum absolute atomic E-state index is 0.133. The highest BCUT2D eigenvalue weighted by Crippen LogP contribution is 2.27. The van der Waals surface area contributed by atoms with E-state index in [-0.39, 0.29) is 11.1 Å². The van der Waals surface area contributed by atoms with Crippen LogP contribution in [0.3, 0.4) is 0 Å². The molecule has 2 aromatic rings. The first-order valence-electron chi connectivity index (χ1n) is 5.53. The number of benzene rings is 1. The van der Waals surface area contributed by atoms with E-state index >= 15 is 0 Å². The van der Waals surface area contributed by atoms with Crippen molar-refractivity contribution in [3.8, 4) is 5.69 Å². The molecule has 0 amide bonds. The van der Waals surface area contributed by atoms with Crippen molar-refractivity contribution in [1.82, 2.24) is 15.0 Å². The molecule has 100 valence electrons.